The van der Waals surface area contributed by atoms with Gasteiger partial charge < -0.3 is 20.4 Å². The molecule has 1 unspecified atom stereocenters. The number of nitrogens with zero attached hydrogens (tertiary/aromatic N) is 1. The van der Waals surface area contributed by atoms with Crippen LogP contribution in [0.5, 0.6) is 5.75 Å². The number of aromatic nitrogens is 1. The second-order valence-corrected chi connectivity index (χ2v) is 7.42. The van der Waals surface area contributed by atoms with Gasteiger partial charge in [0.05, 0.1) is 7.11 Å². The number of nitrogens with one attached hydrogen (secondary N) is 3. The summed E-state index contributed by atoms with van der Waals surface area (Å²) in [6.07, 6.45) is 2.84. The van der Waals surface area contributed by atoms with Crippen LogP contribution in [0.15, 0.2) is 54.7 Å². The fraction of sp³-hybridized carbons (Fsp3) is 0.261. The summed E-state index contributed by atoms with van der Waals surface area (Å²) in [5.74, 6) is 0.191. The summed E-state index contributed by atoms with van der Waals surface area (Å²) < 4.78 is 5.09. The molecule has 1 atom stereocenters. The maximum atomic E-state index is 12.7. The number of imide groups is 1. The number of hydrogen-bond donors (Lipinski definition) is 3. The van der Waals surface area contributed by atoms with Gasteiger partial charge in [-0.25, -0.2) is 4.79 Å². The molecule has 2 heterocycles. The topological polar surface area (TPSA) is 104 Å². The fourth-order valence-electron chi connectivity index (χ4n) is 3.73. The minimum Gasteiger partial charge on any atom is -0.497 e. The lowest BCUT2D eigenvalue weighted by Gasteiger charge is -2.13. The van der Waals surface area contributed by atoms with E-state index < -0.39 is 12.1 Å². The van der Waals surface area contributed by atoms with Crippen LogP contribution in [0.2, 0.25) is 0 Å². The van der Waals surface area contributed by atoms with E-state index in [1.807, 2.05) is 30.5 Å². The molecule has 160 valence electrons. The number of carbonyl (C=O) groups is 3. The molecule has 4 amide bonds. The Balaban J connectivity index is 1.29. The van der Waals surface area contributed by atoms with E-state index >= 15 is 0 Å². The average molecular weight is 420 g/mol. The molecule has 8 nitrogen and oxygen atoms in total. The molecule has 31 heavy (non-hydrogen) atoms. The van der Waals surface area contributed by atoms with Crippen LogP contribution < -0.4 is 15.4 Å². The lowest BCUT2D eigenvalue weighted by molar-refractivity contribution is -0.127. The molecule has 0 aliphatic carbocycles. The van der Waals surface area contributed by atoms with Gasteiger partial charge in [-0.05, 0) is 48.7 Å². The number of carbonyl (C=O) groups excluding carboxylic acids is 3. The Kier molecular flexibility index (Phi) is 5.88. The third-order valence-corrected chi connectivity index (χ3v) is 5.42. The van der Waals surface area contributed by atoms with E-state index in [9.17, 15) is 14.4 Å². The van der Waals surface area contributed by atoms with Crippen LogP contribution in [0.4, 0.5) is 10.5 Å². The van der Waals surface area contributed by atoms with Crippen molar-refractivity contribution < 1.29 is 19.1 Å². The van der Waals surface area contributed by atoms with Crippen molar-refractivity contribution in [2.45, 2.75) is 25.3 Å². The Morgan fingerprint density at radius 3 is 2.68 bits per heavy atom. The summed E-state index contributed by atoms with van der Waals surface area (Å²) in [7, 11) is 1.57. The van der Waals surface area contributed by atoms with E-state index in [2.05, 4.69) is 15.6 Å². The molecule has 0 saturated carbocycles. The number of amides is 4. The monoisotopic (exact) mass is 420 g/mol. The molecule has 8 heteroatoms. The van der Waals surface area contributed by atoms with Gasteiger partial charge in [-0.3, -0.25) is 14.5 Å². The number of hydrogen-bond acceptors (Lipinski definition) is 4. The number of ether oxygens (including phenoxy) is 1. The standard InChI is InChI=1S/C23H24N4O4/c1-31-17-8-6-16(7-9-17)25-21(28)11-10-20-22(29)27(23(30)26-20)13-12-15-14-24-19-5-3-2-4-18(15)19/h2-9,14,20,24H,10-13H2,1H3,(H,25,28)(H,26,30). The van der Waals surface area contributed by atoms with Gasteiger partial charge in [0.1, 0.15) is 11.8 Å². The van der Waals surface area contributed by atoms with Crippen molar-refractivity contribution in [3.63, 3.8) is 0 Å². The molecule has 2 aromatic carbocycles. The Hall–Kier alpha value is -3.81. The highest BCUT2D eigenvalue weighted by atomic mass is 16.5. The van der Waals surface area contributed by atoms with Gasteiger partial charge in [0.15, 0.2) is 0 Å². The summed E-state index contributed by atoms with van der Waals surface area (Å²) in [5.41, 5.74) is 2.72. The smallest absolute Gasteiger partial charge is 0.324 e. The molecule has 1 aliphatic rings. The minimum atomic E-state index is -0.683. The van der Waals surface area contributed by atoms with Gasteiger partial charge >= 0.3 is 6.03 Å². The third kappa shape index (κ3) is 4.53. The average Bonchev–Trinajstić information content (AvgIpc) is 3.31. The first-order valence-electron chi connectivity index (χ1n) is 10.2. The molecule has 1 fully saturated rings. The van der Waals surface area contributed by atoms with Crippen molar-refractivity contribution in [3.05, 3.63) is 60.3 Å². The molecule has 1 aliphatic heterocycles. The third-order valence-electron chi connectivity index (χ3n) is 5.42. The Morgan fingerprint density at radius 2 is 1.90 bits per heavy atom. The van der Waals surface area contributed by atoms with Crippen molar-refractivity contribution >= 4 is 34.4 Å². The first-order valence-corrected chi connectivity index (χ1v) is 10.2. The summed E-state index contributed by atoms with van der Waals surface area (Å²) in [6.45, 7) is 0.293. The highest BCUT2D eigenvalue weighted by molar-refractivity contribution is 6.04. The summed E-state index contributed by atoms with van der Waals surface area (Å²) >= 11 is 0. The molecule has 0 bridgehead atoms. The SMILES string of the molecule is COc1ccc(NC(=O)CCC2NC(=O)N(CCc3c[nH]c4ccccc34)C2=O)cc1. The van der Waals surface area contributed by atoms with E-state index in [0.717, 1.165) is 16.5 Å². The maximum Gasteiger partial charge on any atom is 0.324 e. The molecular formula is C23H24N4O4. The molecule has 3 aromatic rings. The van der Waals surface area contributed by atoms with Crippen LogP contribution in [0, 0.1) is 0 Å². The zero-order chi connectivity index (χ0) is 21.8. The summed E-state index contributed by atoms with van der Waals surface area (Å²) in [6, 6.07) is 13.8. The molecule has 4 rings (SSSR count). The molecule has 1 saturated heterocycles. The molecule has 3 N–H and O–H groups in total. The van der Waals surface area contributed by atoms with Crippen molar-refractivity contribution in [1.29, 1.82) is 0 Å². The maximum absolute atomic E-state index is 12.7. The fourth-order valence-corrected chi connectivity index (χ4v) is 3.73. The van der Waals surface area contributed by atoms with Crippen LogP contribution in [-0.4, -0.2) is 47.4 Å². The number of H-pyrrole nitrogens is 1. The largest absolute Gasteiger partial charge is 0.497 e. The number of aromatic amines is 1. The van der Waals surface area contributed by atoms with Gasteiger partial charge in [-0.15, -0.1) is 0 Å². The van der Waals surface area contributed by atoms with Crippen molar-refractivity contribution in [2.24, 2.45) is 0 Å². The van der Waals surface area contributed by atoms with Gasteiger partial charge in [0.2, 0.25) is 5.91 Å². The van der Waals surface area contributed by atoms with Crippen LogP contribution in [0.1, 0.15) is 18.4 Å². The van der Waals surface area contributed by atoms with E-state index in [4.69, 9.17) is 4.74 Å². The number of anilines is 1. The Bertz CT molecular complexity index is 1110. The zero-order valence-electron chi connectivity index (χ0n) is 17.2. The zero-order valence-corrected chi connectivity index (χ0v) is 17.2. The summed E-state index contributed by atoms with van der Waals surface area (Å²) in [4.78, 5) is 41.6. The second kappa shape index (κ2) is 8.91. The number of rotatable bonds is 8. The van der Waals surface area contributed by atoms with Crippen molar-refractivity contribution in [1.82, 2.24) is 15.2 Å². The van der Waals surface area contributed by atoms with E-state index in [-0.39, 0.29) is 24.7 Å². The summed E-state index contributed by atoms with van der Waals surface area (Å²) in [5, 5.41) is 6.55. The lowest BCUT2D eigenvalue weighted by Crippen LogP contribution is -2.33. The van der Waals surface area contributed by atoms with Gasteiger partial charge in [0.25, 0.3) is 5.91 Å². The van der Waals surface area contributed by atoms with Crippen LogP contribution in [0.3, 0.4) is 0 Å². The predicted molar refractivity (Wildman–Crippen MR) is 117 cm³/mol. The van der Waals surface area contributed by atoms with E-state index in [1.165, 1.54) is 4.90 Å². The molecule has 1 aromatic heterocycles. The quantitative estimate of drug-likeness (QED) is 0.487. The van der Waals surface area contributed by atoms with Crippen LogP contribution in [0.25, 0.3) is 10.9 Å². The number of urea groups is 1. The second-order valence-electron chi connectivity index (χ2n) is 7.42. The highest BCUT2D eigenvalue weighted by Crippen LogP contribution is 2.20. The minimum absolute atomic E-state index is 0.124. The highest BCUT2D eigenvalue weighted by Gasteiger charge is 2.37. The van der Waals surface area contributed by atoms with Gasteiger partial charge in [-0.2, -0.15) is 0 Å². The Morgan fingerprint density at radius 1 is 1.13 bits per heavy atom. The first-order chi connectivity index (χ1) is 15.0. The number of fused-ring (bicyclic) bond motifs is 1. The van der Waals surface area contributed by atoms with E-state index in [1.54, 1.807) is 31.4 Å². The number of para-hydroxylation sites is 1. The normalized spacial score (nSPS) is 15.9. The van der Waals surface area contributed by atoms with Crippen LogP contribution in [-0.2, 0) is 16.0 Å². The van der Waals surface area contributed by atoms with Gasteiger partial charge in [-0.1, -0.05) is 18.2 Å². The lowest BCUT2D eigenvalue weighted by atomic mass is 10.1. The predicted octanol–water partition coefficient (Wildman–Crippen LogP) is 3.06. The Labute approximate surface area is 179 Å². The molecule has 0 radical (unpaired) electrons. The van der Waals surface area contributed by atoms with Crippen LogP contribution >= 0.6 is 0 Å². The van der Waals surface area contributed by atoms with Gasteiger partial charge in [0, 0.05) is 35.8 Å². The van der Waals surface area contributed by atoms with E-state index in [0.29, 0.717) is 24.4 Å². The van der Waals surface area contributed by atoms with Crippen molar-refractivity contribution in [3.8, 4) is 5.75 Å². The molecule has 0 spiro atoms. The van der Waals surface area contributed by atoms with Crippen molar-refractivity contribution in [2.75, 3.05) is 19.0 Å². The molecular weight excluding hydrogens is 396 g/mol. The number of methoxy groups -OCH3 is 1. The number of benzene rings is 2. The first kappa shape index (κ1) is 20.5.